The Bertz CT molecular complexity index is 635. The number of carbonyl (C=O) groups excluding carboxylic acids is 1. The minimum absolute atomic E-state index is 0.0457. The van der Waals surface area contributed by atoms with Crippen molar-refractivity contribution in [2.24, 2.45) is 0 Å². The van der Waals surface area contributed by atoms with Gasteiger partial charge in [0.2, 0.25) is 5.91 Å². The van der Waals surface area contributed by atoms with Crippen LogP contribution < -0.4 is 5.32 Å². The quantitative estimate of drug-likeness (QED) is 0.879. The van der Waals surface area contributed by atoms with Gasteiger partial charge in [-0.05, 0) is 35.4 Å². The Balaban J connectivity index is 1.90. The molecule has 22 heavy (non-hydrogen) atoms. The minimum atomic E-state index is -4.54. The predicted molar refractivity (Wildman–Crippen MR) is 74.1 cm³/mol. The molecule has 2 aromatic rings. The van der Waals surface area contributed by atoms with Gasteiger partial charge in [-0.15, -0.1) is 0 Å². The summed E-state index contributed by atoms with van der Waals surface area (Å²) in [5, 5.41) is 19.5. The first-order valence-corrected chi connectivity index (χ1v) is 7.25. The maximum absolute atomic E-state index is 12.4. The van der Waals surface area contributed by atoms with Crippen molar-refractivity contribution < 1.29 is 23.1 Å². The summed E-state index contributed by atoms with van der Waals surface area (Å²) in [6.45, 7) is 1.15. The largest absolute Gasteiger partial charge is 0.435 e. The number of aromatic nitrogens is 2. The molecule has 5 nitrogen and oxygen atoms in total. The lowest BCUT2D eigenvalue weighted by atomic mass is 9.99. The van der Waals surface area contributed by atoms with E-state index in [1.54, 1.807) is 23.8 Å². The molecule has 1 atom stereocenters. The van der Waals surface area contributed by atoms with E-state index in [1.807, 2.05) is 0 Å². The van der Waals surface area contributed by atoms with Crippen LogP contribution in [0.15, 0.2) is 29.1 Å². The molecule has 0 saturated carbocycles. The second kappa shape index (κ2) is 6.09. The van der Waals surface area contributed by atoms with Crippen LogP contribution in [0, 0.1) is 0 Å². The van der Waals surface area contributed by atoms with Crippen LogP contribution in [0.3, 0.4) is 0 Å². The van der Waals surface area contributed by atoms with Gasteiger partial charge < -0.3 is 10.4 Å². The number of amides is 1. The van der Waals surface area contributed by atoms with Crippen molar-refractivity contribution >= 4 is 17.2 Å². The highest BCUT2D eigenvalue weighted by molar-refractivity contribution is 7.08. The molecule has 2 rings (SSSR count). The summed E-state index contributed by atoms with van der Waals surface area (Å²) in [4.78, 5) is 11.7. The zero-order valence-electron chi connectivity index (χ0n) is 11.6. The monoisotopic (exact) mass is 333 g/mol. The van der Waals surface area contributed by atoms with Crippen LogP contribution in [0.25, 0.3) is 0 Å². The standard InChI is InChI=1S/C13H14F3N3O2S/c1-12(21,9-3-5-22-7-9)8-17-11(20)6-19-4-2-10(18-19)13(14,15)16/h2-5,7,21H,6,8H2,1H3,(H,17,20)/t12-/m1/s1. The lowest BCUT2D eigenvalue weighted by molar-refractivity contribution is -0.141. The highest BCUT2D eigenvalue weighted by Crippen LogP contribution is 2.27. The number of hydrogen-bond donors (Lipinski definition) is 2. The number of hydrogen-bond acceptors (Lipinski definition) is 4. The van der Waals surface area contributed by atoms with Crippen LogP contribution in [0.5, 0.6) is 0 Å². The molecule has 1 amide bonds. The molecule has 0 saturated heterocycles. The number of nitrogens with zero attached hydrogens (tertiary/aromatic N) is 2. The zero-order valence-corrected chi connectivity index (χ0v) is 12.4. The van der Waals surface area contributed by atoms with E-state index >= 15 is 0 Å². The molecule has 120 valence electrons. The number of rotatable bonds is 5. The third-order valence-corrected chi connectivity index (χ3v) is 3.69. The van der Waals surface area contributed by atoms with Crippen LogP contribution in [-0.4, -0.2) is 27.3 Å². The number of carbonyl (C=O) groups is 1. The van der Waals surface area contributed by atoms with Crippen molar-refractivity contribution in [3.05, 3.63) is 40.3 Å². The molecule has 0 bridgehead atoms. The van der Waals surface area contributed by atoms with Gasteiger partial charge in [0.1, 0.15) is 12.1 Å². The minimum Gasteiger partial charge on any atom is -0.384 e. The second-order valence-electron chi connectivity index (χ2n) is 4.96. The maximum Gasteiger partial charge on any atom is 0.435 e. The molecule has 0 radical (unpaired) electrons. The first-order valence-electron chi connectivity index (χ1n) is 6.31. The fraction of sp³-hybridized carbons (Fsp3) is 0.385. The van der Waals surface area contributed by atoms with Gasteiger partial charge in [-0.3, -0.25) is 9.48 Å². The van der Waals surface area contributed by atoms with E-state index in [9.17, 15) is 23.1 Å². The third kappa shape index (κ3) is 4.08. The van der Waals surface area contributed by atoms with Crippen molar-refractivity contribution in [1.29, 1.82) is 0 Å². The molecular formula is C13H14F3N3O2S. The average molecular weight is 333 g/mol. The zero-order chi connectivity index (χ0) is 16.4. The van der Waals surface area contributed by atoms with E-state index in [4.69, 9.17) is 0 Å². The number of alkyl halides is 3. The Morgan fingerprint density at radius 1 is 1.45 bits per heavy atom. The Labute approximate surface area is 128 Å². The van der Waals surface area contributed by atoms with Crippen LogP contribution in [0.1, 0.15) is 18.2 Å². The van der Waals surface area contributed by atoms with Crippen molar-refractivity contribution in [1.82, 2.24) is 15.1 Å². The summed E-state index contributed by atoms with van der Waals surface area (Å²) in [7, 11) is 0. The Morgan fingerprint density at radius 2 is 2.18 bits per heavy atom. The Kier molecular flexibility index (Phi) is 4.57. The molecule has 2 aromatic heterocycles. The van der Waals surface area contributed by atoms with Gasteiger partial charge in [0, 0.05) is 6.20 Å². The predicted octanol–water partition coefficient (Wildman–Crippen LogP) is 1.99. The van der Waals surface area contributed by atoms with E-state index in [0.717, 1.165) is 16.9 Å². The molecule has 0 fully saturated rings. The summed E-state index contributed by atoms with van der Waals surface area (Å²) < 4.78 is 38.1. The molecule has 2 N–H and O–H groups in total. The van der Waals surface area contributed by atoms with E-state index in [0.29, 0.717) is 5.56 Å². The summed E-state index contributed by atoms with van der Waals surface area (Å²) >= 11 is 1.42. The molecule has 0 aromatic carbocycles. The Morgan fingerprint density at radius 3 is 2.73 bits per heavy atom. The van der Waals surface area contributed by atoms with Crippen LogP contribution in [0.4, 0.5) is 13.2 Å². The molecule has 0 spiro atoms. The number of thiophene rings is 1. The summed E-state index contributed by atoms with van der Waals surface area (Å²) in [5.74, 6) is -0.535. The van der Waals surface area contributed by atoms with Crippen LogP contribution in [-0.2, 0) is 23.1 Å². The first-order chi connectivity index (χ1) is 10.2. The second-order valence-corrected chi connectivity index (χ2v) is 5.74. The van der Waals surface area contributed by atoms with Crippen molar-refractivity contribution in [2.75, 3.05) is 6.54 Å². The lowest BCUT2D eigenvalue weighted by Gasteiger charge is -2.22. The van der Waals surface area contributed by atoms with Gasteiger partial charge in [-0.1, -0.05) is 0 Å². The fourth-order valence-electron chi connectivity index (χ4n) is 1.75. The number of halogens is 3. The highest BCUT2D eigenvalue weighted by atomic mass is 32.1. The first kappa shape index (κ1) is 16.5. The molecular weight excluding hydrogens is 319 g/mol. The number of aliphatic hydroxyl groups is 1. The summed E-state index contributed by atoms with van der Waals surface area (Å²) in [6, 6.07) is 2.54. The number of nitrogens with one attached hydrogen (secondary N) is 1. The molecule has 0 aliphatic heterocycles. The third-order valence-electron chi connectivity index (χ3n) is 3.01. The van der Waals surface area contributed by atoms with E-state index in [-0.39, 0.29) is 13.1 Å². The van der Waals surface area contributed by atoms with E-state index < -0.39 is 23.4 Å². The summed E-state index contributed by atoms with van der Waals surface area (Å²) in [5.41, 5.74) is -1.63. The fourth-order valence-corrected chi connectivity index (χ4v) is 2.53. The van der Waals surface area contributed by atoms with Crippen LogP contribution >= 0.6 is 11.3 Å². The molecule has 0 aliphatic carbocycles. The van der Waals surface area contributed by atoms with E-state index in [1.165, 1.54) is 11.3 Å². The van der Waals surface area contributed by atoms with Crippen molar-refractivity contribution in [2.45, 2.75) is 25.2 Å². The van der Waals surface area contributed by atoms with Gasteiger partial charge >= 0.3 is 6.18 Å². The average Bonchev–Trinajstić information content (AvgIpc) is 3.06. The highest BCUT2D eigenvalue weighted by Gasteiger charge is 2.33. The maximum atomic E-state index is 12.4. The lowest BCUT2D eigenvalue weighted by Crippen LogP contribution is -2.39. The molecule has 0 aliphatic rings. The van der Waals surface area contributed by atoms with Gasteiger partial charge in [-0.25, -0.2) is 0 Å². The van der Waals surface area contributed by atoms with Crippen molar-refractivity contribution in [3.63, 3.8) is 0 Å². The topological polar surface area (TPSA) is 67.2 Å². The normalized spacial score (nSPS) is 14.6. The summed E-state index contributed by atoms with van der Waals surface area (Å²) in [6.07, 6.45) is -3.45. The molecule has 9 heteroatoms. The van der Waals surface area contributed by atoms with Gasteiger partial charge in [0.25, 0.3) is 0 Å². The van der Waals surface area contributed by atoms with Gasteiger partial charge in [0.15, 0.2) is 5.69 Å². The SMILES string of the molecule is C[C@@](O)(CNC(=O)Cn1ccc(C(F)(F)F)n1)c1ccsc1. The van der Waals surface area contributed by atoms with Gasteiger partial charge in [0.05, 0.1) is 6.54 Å². The van der Waals surface area contributed by atoms with Crippen molar-refractivity contribution in [3.8, 4) is 0 Å². The Hall–Kier alpha value is -1.87. The molecule has 0 unspecified atom stereocenters. The smallest absolute Gasteiger partial charge is 0.384 e. The van der Waals surface area contributed by atoms with Crippen LogP contribution in [0.2, 0.25) is 0 Å². The van der Waals surface area contributed by atoms with E-state index in [2.05, 4.69) is 10.4 Å². The molecule has 2 heterocycles. The van der Waals surface area contributed by atoms with Gasteiger partial charge in [-0.2, -0.15) is 29.6 Å².